The van der Waals surface area contributed by atoms with Gasteiger partial charge >= 0.3 is 0 Å². The second-order valence-electron chi connectivity index (χ2n) is 6.81. The van der Waals surface area contributed by atoms with E-state index in [1.807, 2.05) is 47.7 Å². The molecule has 0 aliphatic carbocycles. The van der Waals surface area contributed by atoms with Gasteiger partial charge in [-0.25, -0.2) is 4.98 Å². The topological polar surface area (TPSA) is 63.7 Å². The van der Waals surface area contributed by atoms with Crippen molar-refractivity contribution in [1.82, 2.24) is 9.88 Å². The van der Waals surface area contributed by atoms with Crippen LogP contribution in [0.4, 0.5) is 5.13 Å². The minimum atomic E-state index is -0.0993. The van der Waals surface area contributed by atoms with Gasteiger partial charge < -0.3 is 14.8 Å². The molecule has 1 heterocycles. The summed E-state index contributed by atoms with van der Waals surface area (Å²) in [6, 6.07) is 13.9. The van der Waals surface area contributed by atoms with Crippen LogP contribution < -0.4 is 14.8 Å². The molecule has 0 saturated heterocycles. The lowest BCUT2D eigenvalue weighted by atomic mass is 10.1. The number of benzene rings is 2. The third-order valence-electron chi connectivity index (χ3n) is 4.41. The Morgan fingerprint density at radius 2 is 1.83 bits per heavy atom. The highest BCUT2D eigenvalue weighted by atomic mass is 32.1. The largest absolute Gasteiger partial charge is 0.493 e. The fourth-order valence-electron chi connectivity index (χ4n) is 2.94. The minimum absolute atomic E-state index is 0.0993. The predicted molar refractivity (Wildman–Crippen MR) is 117 cm³/mol. The van der Waals surface area contributed by atoms with Gasteiger partial charge in [-0.2, -0.15) is 0 Å². The summed E-state index contributed by atoms with van der Waals surface area (Å²) in [7, 11) is 5.12. The minimum Gasteiger partial charge on any atom is -0.493 e. The lowest BCUT2D eigenvalue weighted by Gasteiger charge is -2.17. The number of methoxy groups -OCH3 is 2. The second kappa shape index (κ2) is 9.54. The Labute approximate surface area is 175 Å². The van der Waals surface area contributed by atoms with Crippen LogP contribution in [0.3, 0.4) is 0 Å². The quantitative estimate of drug-likeness (QED) is 0.602. The number of amides is 1. The van der Waals surface area contributed by atoms with E-state index in [1.165, 1.54) is 16.9 Å². The van der Waals surface area contributed by atoms with Crippen molar-refractivity contribution in [2.24, 2.45) is 0 Å². The van der Waals surface area contributed by atoms with Gasteiger partial charge in [-0.1, -0.05) is 35.9 Å². The van der Waals surface area contributed by atoms with E-state index in [0.29, 0.717) is 23.2 Å². The Morgan fingerprint density at radius 1 is 1.10 bits per heavy atom. The zero-order valence-corrected chi connectivity index (χ0v) is 17.9. The molecule has 2 aromatic carbocycles. The average molecular weight is 412 g/mol. The number of nitrogens with one attached hydrogen (secondary N) is 1. The van der Waals surface area contributed by atoms with Crippen LogP contribution in [0.15, 0.2) is 47.8 Å². The van der Waals surface area contributed by atoms with Crippen molar-refractivity contribution >= 4 is 22.4 Å². The number of ether oxygens (including phenoxy) is 2. The second-order valence-corrected chi connectivity index (χ2v) is 7.67. The number of likely N-dealkylation sites (N-methyl/N-ethyl adjacent to an activating group) is 1. The summed E-state index contributed by atoms with van der Waals surface area (Å²) in [5, 5.41) is 5.44. The number of anilines is 1. The van der Waals surface area contributed by atoms with E-state index in [0.717, 1.165) is 16.8 Å². The van der Waals surface area contributed by atoms with Gasteiger partial charge in [0.25, 0.3) is 0 Å². The number of hydrogen-bond acceptors (Lipinski definition) is 6. The first-order valence-electron chi connectivity index (χ1n) is 9.20. The number of nitrogens with zero attached hydrogens (tertiary/aromatic N) is 2. The maximum atomic E-state index is 12.4. The Hall–Kier alpha value is -2.90. The van der Waals surface area contributed by atoms with Gasteiger partial charge in [-0.05, 0) is 31.7 Å². The predicted octanol–water partition coefficient (Wildman–Crippen LogP) is 4.21. The smallest absolute Gasteiger partial charge is 0.240 e. The van der Waals surface area contributed by atoms with E-state index in [2.05, 4.69) is 29.4 Å². The first-order valence-corrected chi connectivity index (χ1v) is 10.1. The Bertz CT molecular complexity index is 970. The van der Waals surface area contributed by atoms with Gasteiger partial charge in [0.2, 0.25) is 5.91 Å². The summed E-state index contributed by atoms with van der Waals surface area (Å²) < 4.78 is 10.6. The number of hydrogen-bond donors (Lipinski definition) is 1. The van der Waals surface area contributed by atoms with Crippen LogP contribution >= 0.6 is 11.3 Å². The molecule has 152 valence electrons. The van der Waals surface area contributed by atoms with Crippen LogP contribution in [0.5, 0.6) is 11.5 Å². The van der Waals surface area contributed by atoms with E-state index in [1.54, 1.807) is 14.2 Å². The summed E-state index contributed by atoms with van der Waals surface area (Å²) in [5.74, 6) is 1.26. The van der Waals surface area contributed by atoms with Crippen molar-refractivity contribution in [2.75, 3.05) is 33.1 Å². The highest BCUT2D eigenvalue weighted by Crippen LogP contribution is 2.28. The Kier molecular flexibility index (Phi) is 6.85. The molecule has 0 aliphatic rings. The first-order chi connectivity index (χ1) is 14.0. The van der Waals surface area contributed by atoms with Crippen molar-refractivity contribution in [3.63, 3.8) is 0 Å². The molecule has 0 radical (unpaired) electrons. The van der Waals surface area contributed by atoms with Crippen molar-refractivity contribution in [1.29, 1.82) is 0 Å². The zero-order chi connectivity index (χ0) is 20.8. The van der Waals surface area contributed by atoms with Crippen LogP contribution in [0.25, 0.3) is 11.3 Å². The molecule has 3 rings (SSSR count). The maximum Gasteiger partial charge on any atom is 0.240 e. The normalized spacial score (nSPS) is 10.8. The molecule has 29 heavy (non-hydrogen) atoms. The molecule has 1 N–H and O–H groups in total. The molecule has 0 saturated carbocycles. The van der Waals surface area contributed by atoms with Crippen molar-refractivity contribution in [3.8, 4) is 22.8 Å². The fraction of sp³-hybridized carbons (Fsp3) is 0.273. The number of aromatic nitrogens is 1. The molecule has 0 bridgehead atoms. The summed E-state index contributed by atoms with van der Waals surface area (Å²) in [6.07, 6.45) is 0. The molecule has 0 atom stereocenters. The zero-order valence-electron chi connectivity index (χ0n) is 17.1. The number of rotatable bonds is 8. The maximum absolute atomic E-state index is 12.4. The Balaban J connectivity index is 1.56. The molecule has 7 heteroatoms. The van der Waals surface area contributed by atoms with Crippen LogP contribution in [0, 0.1) is 6.92 Å². The van der Waals surface area contributed by atoms with E-state index in [9.17, 15) is 4.79 Å². The number of carbonyl (C=O) groups is 1. The lowest BCUT2D eigenvalue weighted by molar-refractivity contribution is -0.117. The van der Waals surface area contributed by atoms with Crippen LogP contribution in [-0.2, 0) is 11.3 Å². The Morgan fingerprint density at radius 3 is 2.52 bits per heavy atom. The van der Waals surface area contributed by atoms with Crippen molar-refractivity contribution < 1.29 is 14.3 Å². The highest BCUT2D eigenvalue weighted by molar-refractivity contribution is 7.14. The highest BCUT2D eigenvalue weighted by Gasteiger charge is 2.12. The van der Waals surface area contributed by atoms with Gasteiger partial charge in [0, 0.05) is 17.5 Å². The van der Waals surface area contributed by atoms with Gasteiger partial charge in [0.15, 0.2) is 16.6 Å². The van der Waals surface area contributed by atoms with E-state index in [-0.39, 0.29) is 12.5 Å². The molecular weight excluding hydrogens is 386 g/mol. The van der Waals surface area contributed by atoms with E-state index < -0.39 is 0 Å². The van der Waals surface area contributed by atoms with Gasteiger partial charge in [-0.3, -0.25) is 9.69 Å². The van der Waals surface area contributed by atoms with Gasteiger partial charge in [0.1, 0.15) is 0 Å². The van der Waals surface area contributed by atoms with Crippen LogP contribution in [-0.4, -0.2) is 43.6 Å². The summed E-state index contributed by atoms with van der Waals surface area (Å²) >= 11 is 1.42. The summed E-state index contributed by atoms with van der Waals surface area (Å²) in [5.41, 5.74) is 4.14. The lowest BCUT2D eigenvalue weighted by Crippen LogP contribution is -2.29. The SMILES string of the molecule is COc1ccc(CN(C)CC(=O)Nc2nc(-c3ccc(C)cc3)cs2)cc1OC. The van der Waals surface area contributed by atoms with E-state index in [4.69, 9.17) is 9.47 Å². The number of carbonyl (C=O) groups excluding carboxylic acids is 1. The van der Waals surface area contributed by atoms with Gasteiger partial charge in [-0.15, -0.1) is 11.3 Å². The molecular formula is C22H25N3O3S. The molecule has 6 nitrogen and oxygen atoms in total. The molecule has 0 unspecified atom stereocenters. The standard InChI is InChI=1S/C22H25N3O3S/c1-15-5-8-17(9-6-15)18-14-29-22(23-18)24-21(26)13-25(2)12-16-7-10-19(27-3)20(11-16)28-4/h5-11,14H,12-13H2,1-4H3,(H,23,24,26). The van der Waals surface area contributed by atoms with Crippen molar-refractivity contribution in [3.05, 3.63) is 59.0 Å². The number of thiazole rings is 1. The van der Waals surface area contributed by atoms with Crippen LogP contribution in [0.1, 0.15) is 11.1 Å². The third kappa shape index (κ3) is 5.56. The van der Waals surface area contributed by atoms with Crippen LogP contribution in [0.2, 0.25) is 0 Å². The molecule has 1 amide bonds. The average Bonchev–Trinajstić information content (AvgIpc) is 3.16. The third-order valence-corrected chi connectivity index (χ3v) is 5.17. The molecule has 0 spiro atoms. The fourth-order valence-corrected chi connectivity index (χ4v) is 3.67. The van der Waals surface area contributed by atoms with E-state index >= 15 is 0 Å². The summed E-state index contributed by atoms with van der Waals surface area (Å²) in [6.45, 7) is 2.92. The summed E-state index contributed by atoms with van der Waals surface area (Å²) in [4.78, 5) is 18.9. The van der Waals surface area contributed by atoms with Gasteiger partial charge in [0.05, 0.1) is 26.5 Å². The number of aryl methyl sites for hydroxylation is 1. The molecule has 0 aliphatic heterocycles. The van der Waals surface area contributed by atoms with Crippen molar-refractivity contribution in [2.45, 2.75) is 13.5 Å². The monoisotopic (exact) mass is 411 g/mol. The molecule has 0 fully saturated rings. The first kappa shape index (κ1) is 20.8. The molecule has 3 aromatic rings. The molecule has 1 aromatic heterocycles.